The molecule has 0 radical (unpaired) electrons. The maximum atomic E-state index is 5.31. The van der Waals surface area contributed by atoms with Crippen molar-refractivity contribution < 1.29 is 4.74 Å². The largest absolute Gasteiger partial charge is 0.497 e. The average Bonchev–Trinajstić information content (AvgIpc) is 3.35. The van der Waals surface area contributed by atoms with Crippen LogP contribution in [0.2, 0.25) is 0 Å². The molecule has 1 aliphatic heterocycles. The predicted octanol–water partition coefficient (Wildman–Crippen LogP) is 3.90. The molecule has 0 aliphatic carbocycles. The molecule has 0 bridgehead atoms. The summed E-state index contributed by atoms with van der Waals surface area (Å²) in [7, 11) is 1.70. The first-order valence-corrected chi connectivity index (χ1v) is 11.7. The number of hydrogen-bond donors (Lipinski definition) is 0. The number of pyridine rings is 1. The number of tetrazole rings is 1. The molecule has 1 aliphatic rings. The van der Waals surface area contributed by atoms with Gasteiger partial charge in [-0.15, -0.1) is 5.10 Å². The van der Waals surface area contributed by atoms with Crippen LogP contribution in [0.1, 0.15) is 38.2 Å². The molecule has 8 nitrogen and oxygen atoms in total. The number of methoxy groups -OCH3 is 1. The van der Waals surface area contributed by atoms with E-state index in [1.807, 2.05) is 29.1 Å². The van der Waals surface area contributed by atoms with Crippen LogP contribution in [-0.4, -0.2) is 63.4 Å². The maximum absolute atomic E-state index is 5.31. The molecule has 0 amide bonds. The van der Waals surface area contributed by atoms with Crippen molar-refractivity contribution in [1.82, 2.24) is 30.1 Å². The lowest BCUT2D eigenvalue weighted by Crippen LogP contribution is -2.48. The number of nitrogens with zero attached hydrogens (tertiary/aromatic N) is 7. The predicted molar refractivity (Wildman–Crippen MR) is 133 cm³/mol. The molecule has 176 valence electrons. The molecule has 0 saturated carbocycles. The van der Waals surface area contributed by atoms with E-state index in [9.17, 15) is 0 Å². The molecule has 2 aromatic carbocycles. The summed E-state index contributed by atoms with van der Waals surface area (Å²) < 4.78 is 7.27. The second-order valence-electron chi connectivity index (χ2n) is 9.70. The Labute approximate surface area is 200 Å². The summed E-state index contributed by atoms with van der Waals surface area (Å²) in [6.45, 7) is 10.1. The van der Waals surface area contributed by atoms with Gasteiger partial charge in [-0.3, -0.25) is 9.88 Å². The average molecular weight is 458 g/mol. The monoisotopic (exact) mass is 457 g/mol. The first-order chi connectivity index (χ1) is 16.4. The molecule has 1 atom stereocenters. The van der Waals surface area contributed by atoms with E-state index < -0.39 is 0 Å². The van der Waals surface area contributed by atoms with Gasteiger partial charge in [-0.2, -0.15) is 0 Å². The smallest absolute Gasteiger partial charge is 0.173 e. The zero-order chi connectivity index (χ0) is 23.7. The minimum Gasteiger partial charge on any atom is -0.497 e. The zero-order valence-electron chi connectivity index (χ0n) is 20.2. The van der Waals surface area contributed by atoms with Crippen LogP contribution in [-0.2, 0) is 5.54 Å². The van der Waals surface area contributed by atoms with Gasteiger partial charge in [0.15, 0.2) is 5.82 Å². The van der Waals surface area contributed by atoms with Gasteiger partial charge in [0, 0.05) is 43.4 Å². The first kappa shape index (κ1) is 22.3. The summed E-state index contributed by atoms with van der Waals surface area (Å²) in [4.78, 5) is 9.41. The number of hydrogen-bond acceptors (Lipinski definition) is 7. The highest BCUT2D eigenvalue weighted by Crippen LogP contribution is 2.32. The molecular weight excluding hydrogens is 426 g/mol. The molecule has 1 fully saturated rings. The van der Waals surface area contributed by atoms with Gasteiger partial charge in [0.25, 0.3) is 0 Å². The van der Waals surface area contributed by atoms with Crippen molar-refractivity contribution in [1.29, 1.82) is 0 Å². The van der Waals surface area contributed by atoms with Gasteiger partial charge >= 0.3 is 0 Å². The molecule has 0 unspecified atom stereocenters. The Balaban J connectivity index is 1.47. The summed E-state index contributed by atoms with van der Waals surface area (Å²) >= 11 is 0. The Hall–Kier alpha value is -3.52. The molecular formula is C26H31N7O. The molecule has 4 aromatic rings. The fourth-order valence-electron chi connectivity index (χ4n) is 4.66. The Morgan fingerprint density at radius 1 is 0.941 bits per heavy atom. The van der Waals surface area contributed by atoms with E-state index in [2.05, 4.69) is 87.5 Å². The maximum Gasteiger partial charge on any atom is 0.173 e. The van der Waals surface area contributed by atoms with Gasteiger partial charge in [-0.25, -0.2) is 4.68 Å². The zero-order valence-corrected chi connectivity index (χ0v) is 20.2. The summed E-state index contributed by atoms with van der Waals surface area (Å²) in [5.41, 5.74) is 3.16. The number of piperazine rings is 1. The highest BCUT2D eigenvalue weighted by atomic mass is 16.5. The second kappa shape index (κ2) is 9.02. The topological polar surface area (TPSA) is 72.2 Å². The molecule has 0 N–H and O–H groups in total. The summed E-state index contributed by atoms with van der Waals surface area (Å²) in [5.74, 6) is 1.75. The van der Waals surface area contributed by atoms with E-state index in [1.54, 1.807) is 7.11 Å². The van der Waals surface area contributed by atoms with Gasteiger partial charge in [-0.1, -0.05) is 12.1 Å². The van der Waals surface area contributed by atoms with E-state index in [0.717, 1.165) is 48.7 Å². The number of aromatic nitrogens is 5. The van der Waals surface area contributed by atoms with Crippen LogP contribution in [0.25, 0.3) is 10.9 Å². The van der Waals surface area contributed by atoms with E-state index in [-0.39, 0.29) is 11.6 Å². The third kappa shape index (κ3) is 4.33. The van der Waals surface area contributed by atoms with E-state index in [4.69, 9.17) is 4.74 Å². The third-order valence-corrected chi connectivity index (χ3v) is 6.43. The standard InChI is InChI=1S/C26H31N7O/c1-26(2,3)33-25(28-29-30-33)24(20-7-12-23-19(18-20)6-5-13-27-23)32-16-14-31(15-17-32)21-8-10-22(34-4)11-9-21/h5-13,18,24H,14-17H2,1-4H3/t24-/m0/s1. The minimum atomic E-state index is -0.222. The van der Waals surface area contributed by atoms with Crippen LogP contribution in [0.3, 0.4) is 0 Å². The summed E-state index contributed by atoms with van der Waals surface area (Å²) in [6.07, 6.45) is 1.83. The van der Waals surface area contributed by atoms with Crippen molar-refractivity contribution in [3.05, 3.63) is 72.2 Å². The molecule has 0 spiro atoms. The quantitative estimate of drug-likeness (QED) is 0.450. The van der Waals surface area contributed by atoms with Gasteiger partial charge in [-0.05, 0) is 79.2 Å². The Bertz CT molecular complexity index is 1250. The van der Waals surface area contributed by atoms with Crippen molar-refractivity contribution >= 4 is 16.6 Å². The van der Waals surface area contributed by atoms with Crippen LogP contribution in [0.5, 0.6) is 5.75 Å². The minimum absolute atomic E-state index is 0.0446. The number of rotatable bonds is 5. The van der Waals surface area contributed by atoms with Crippen molar-refractivity contribution in [3.63, 3.8) is 0 Å². The van der Waals surface area contributed by atoms with E-state index >= 15 is 0 Å². The molecule has 8 heteroatoms. The number of benzene rings is 2. The first-order valence-electron chi connectivity index (χ1n) is 11.7. The molecule has 2 aromatic heterocycles. The van der Waals surface area contributed by atoms with Crippen LogP contribution < -0.4 is 9.64 Å². The van der Waals surface area contributed by atoms with Crippen molar-refractivity contribution in [3.8, 4) is 5.75 Å². The number of fused-ring (bicyclic) bond motifs is 1. The fraction of sp³-hybridized carbons (Fsp3) is 0.385. The highest BCUT2D eigenvalue weighted by Gasteiger charge is 2.33. The van der Waals surface area contributed by atoms with E-state index in [1.165, 1.54) is 11.3 Å². The van der Waals surface area contributed by atoms with Crippen LogP contribution >= 0.6 is 0 Å². The number of anilines is 1. The summed E-state index contributed by atoms with van der Waals surface area (Å²) in [5, 5.41) is 14.1. The van der Waals surface area contributed by atoms with Gasteiger partial charge in [0.1, 0.15) is 5.75 Å². The third-order valence-electron chi connectivity index (χ3n) is 6.43. The SMILES string of the molecule is COc1ccc(N2CCN([C@@H](c3ccc4ncccc4c3)c3nnnn3C(C)(C)C)CC2)cc1. The van der Waals surface area contributed by atoms with Gasteiger partial charge in [0.05, 0.1) is 24.2 Å². The lowest BCUT2D eigenvalue weighted by molar-refractivity contribution is 0.191. The normalized spacial score (nSPS) is 16.1. The second-order valence-corrected chi connectivity index (χ2v) is 9.70. The molecule has 1 saturated heterocycles. The Morgan fingerprint density at radius 2 is 1.71 bits per heavy atom. The molecule has 5 rings (SSSR count). The van der Waals surface area contributed by atoms with Gasteiger partial charge < -0.3 is 9.64 Å². The lowest BCUT2D eigenvalue weighted by atomic mass is 9.99. The van der Waals surface area contributed by atoms with Gasteiger partial charge in [0.2, 0.25) is 0 Å². The number of ether oxygens (including phenoxy) is 1. The molecule has 34 heavy (non-hydrogen) atoms. The van der Waals surface area contributed by atoms with Crippen LogP contribution in [0.4, 0.5) is 5.69 Å². The lowest BCUT2D eigenvalue weighted by Gasteiger charge is -2.40. The summed E-state index contributed by atoms with van der Waals surface area (Å²) in [6, 6.07) is 18.8. The highest BCUT2D eigenvalue weighted by molar-refractivity contribution is 5.79. The van der Waals surface area contributed by atoms with Crippen LogP contribution in [0.15, 0.2) is 60.8 Å². The Morgan fingerprint density at radius 3 is 2.41 bits per heavy atom. The van der Waals surface area contributed by atoms with Crippen molar-refractivity contribution in [2.45, 2.75) is 32.4 Å². The van der Waals surface area contributed by atoms with E-state index in [0.29, 0.717) is 0 Å². The Kier molecular flexibility index (Phi) is 5.91. The van der Waals surface area contributed by atoms with Crippen molar-refractivity contribution in [2.75, 3.05) is 38.2 Å². The van der Waals surface area contributed by atoms with Crippen LogP contribution in [0, 0.1) is 0 Å². The fourth-order valence-corrected chi connectivity index (χ4v) is 4.66. The molecule has 3 heterocycles. The van der Waals surface area contributed by atoms with Crippen molar-refractivity contribution in [2.24, 2.45) is 0 Å².